The summed E-state index contributed by atoms with van der Waals surface area (Å²) in [4.78, 5) is 36.9. The van der Waals surface area contributed by atoms with Gasteiger partial charge in [0, 0.05) is 10.5 Å². The van der Waals surface area contributed by atoms with Gasteiger partial charge in [-0.3, -0.25) is 24.6 Å². The molecule has 36 heavy (non-hydrogen) atoms. The van der Waals surface area contributed by atoms with Gasteiger partial charge in [0.15, 0.2) is 0 Å². The van der Waals surface area contributed by atoms with E-state index >= 15 is 0 Å². The van der Waals surface area contributed by atoms with Gasteiger partial charge in [-0.25, -0.2) is 0 Å². The Hall–Kier alpha value is -3.64. The average Bonchev–Trinajstić information content (AvgIpc) is 3.07. The summed E-state index contributed by atoms with van der Waals surface area (Å²) < 4.78 is 45.1. The Balaban J connectivity index is 1.56. The second kappa shape index (κ2) is 10.2. The molecule has 2 amide bonds. The van der Waals surface area contributed by atoms with Crippen molar-refractivity contribution < 1.29 is 32.4 Å². The smallest absolute Gasteiger partial charge is 0.416 e. The molecule has 184 valence electrons. The minimum absolute atomic E-state index is 0.0875. The maximum Gasteiger partial charge on any atom is 0.416 e. The van der Waals surface area contributed by atoms with Crippen LogP contribution in [0.4, 0.5) is 23.7 Å². The van der Waals surface area contributed by atoms with E-state index in [0.29, 0.717) is 17.7 Å². The number of hydrogen-bond acceptors (Lipinski definition) is 6. The van der Waals surface area contributed by atoms with Crippen molar-refractivity contribution in [2.75, 3.05) is 0 Å². The van der Waals surface area contributed by atoms with Gasteiger partial charge < -0.3 is 4.74 Å². The van der Waals surface area contributed by atoms with Crippen molar-refractivity contribution in [2.45, 2.75) is 12.7 Å². The van der Waals surface area contributed by atoms with E-state index in [-0.39, 0.29) is 22.9 Å². The highest BCUT2D eigenvalue weighted by Crippen LogP contribution is 2.39. The topological polar surface area (TPSA) is 89.7 Å². The third kappa shape index (κ3) is 5.60. The number of hydrogen-bond donors (Lipinski definition) is 0. The van der Waals surface area contributed by atoms with E-state index in [4.69, 9.17) is 4.74 Å². The van der Waals surface area contributed by atoms with Gasteiger partial charge in [0.1, 0.15) is 5.75 Å². The fraction of sp³-hybridized carbons (Fsp3) is 0.0833. The third-order valence-electron chi connectivity index (χ3n) is 5.03. The number of thioether (sulfide) groups is 1. The quantitative estimate of drug-likeness (QED) is 0.172. The van der Waals surface area contributed by atoms with Crippen molar-refractivity contribution in [1.29, 1.82) is 0 Å². The Kier molecular flexibility index (Phi) is 7.18. The number of nitro groups is 1. The van der Waals surface area contributed by atoms with Crippen molar-refractivity contribution in [3.8, 4) is 11.5 Å². The molecule has 0 aromatic heterocycles. The summed E-state index contributed by atoms with van der Waals surface area (Å²) in [6.07, 6.45) is -3.28. The second-order valence-electron chi connectivity index (χ2n) is 7.47. The molecule has 3 aromatic carbocycles. The predicted octanol–water partition coefficient (Wildman–Crippen LogP) is 7.40. The largest absolute Gasteiger partial charge is 0.450 e. The minimum Gasteiger partial charge on any atom is -0.450 e. The molecule has 0 saturated carbocycles. The maximum absolute atomic E-state index is 12.9. The number of ether oxygens (including phenoxy) is 1. The number of nitrogens with zero attached hydrogens (tertiary/aromatic N) is 2. The third-order valence-corrected chi connectivity index (χ3v) is 6.71. The molecule has 3 aromatic rings. The van der Waals surface area contributed by atoms with Crippen LogP contribution in [0.5, 0.6) is 11.5 Å². The molecular formula is C24H14BrF3N2O5S. The molecule has 0 N–H and O–H groups in total. The number of nitro benzene ring substituents is 1. The van der Waals surface area contributed by atoms with Crippen LogP contribution in [0.1, 0.15) is 16.7 Å². The van der Waals surface area contributed by atoms with Gasteiger partial charge >= 0.3 is 11.9 Å². The molecule has 1 saturated heterocycles. The van der Waals surface area contributed by atoms with Crippen LogP contribution in [0, 0.1) is 10.1 Å². The van der Waals surface area contributed by atoms with Gasteiger partial charge in [-0.1, -0.05) is 46.3 Å². The summed E-state index contributed by atoms with van der Waals surface area (Å²) in [6.45, 7) is 0.0875. The van der Waals surface area contributed by atoms with Crippen molar-refractivity contribution >= 4 is 50.6 Å². The van der Waals surface area contributed by atoms with E-state index in [2.05, 4.69) is 15.9 Å². The van der Waals surface area contributed by atoms with E-state index in [1.54, 1.807) is 30.3 Å². The van der Waals surface area contributed by atoms with Crippen molar-refractivity contribution in [1.82, 2.24) is 4.90 Å². The van der Waals surface area contributed by atoms with Crippen molar-refractivity contribution in [3.05, 3.63) is 103 Å². The van der Waals surface area contributed by atoms with Crippen LogP contribution >= 0.6 is 27.7 Å². The van der Waals surface area contributed by atoms with Crippen LogP contribution in [-0.4, -0.2) is 21.0 Å². The number of alkyl halides is 3. The first-order chi connectivity index (χ1) is 17.0. The Morgan fingerprint density at radius 1 is 1.06 bits per heavy atom. The van der Waals surface area contributed by atoms with Gasteiger partial charge in [-0.2, -0.15) is 13.2 Å². The van der Waals surface area contributed by atoms with E-state index < -0.39 is 33.5 Å². The van der Waals surface area contributed by atoms with E-state index in [1.807, 2.05) is 6.07 Å². The van der Waals surface area contributed by atoms with Gasteiger partial charge in [-0.15, -0.1) is 0 Å². The van der Waals surface area contributed by atoms with Gasteiger partial charge in [0.05, 0.1) is 21.9 Å². The lowest BCUT2D eigenvalue weighted by Crippen LogP contribution is -2.27. The number of imide groups is 1. The second-order valence-corrected chi connectivity index (χ2v) is 9.32. The van der Waals surface area contributed by atoms with Crippen LogP contribution < -0.4 is 4.74 Å². The lowest BCUT2D eigenvalue weighted by molar-refractivity contribution is -0.385. The molecule has 12 heteroatoms. The number of amides is 2. The van der Waals surface area contributed by atoms with E-state index in [0.717, 1.165) is 32.8 Å². The maximum atomic E-state index is 12.9. The molecule has 7 nitrogen and oxygen atoms in total. The molecule has 4 rings (SSSR count). The number of halogens is 4. The van der Waals surface area contributed by atoms with Crippen LogP contribution in [0.2, 0.25) is 0 Å². The monoisotopic (exact) mass is 578 g/mol. The molecule has 1 heterocycles. The molecule has 0 unspecified atom stereocenters. The van der Waals surface area contributed by atoms with Gasteiger partial charge in [-0.05, 0) is 59.3 Å². The van der Waals surface area contributed by atoms with Gasteiger partial charge in [0.2, 0.25) is 5.75 Å². The Morgan fingerprint density at radius 2 is 1.81 bits per heavy atom. The van der Waals surface area contributed by atoms with E-state index in [9.17, 15) is 32.9 Å². The molecule has 0 aliphatic carbocycles. The number of rotatable bonds is 6. The van der Waals surface area contributed by atoms with Crippen LogP contribution in [0.15, 0.2) is 76.1 Å². The predicted molar refractivity (Wildman–Crippen MR) is 130 cm³/mol. The van der Waals surface area contributed by atoms with Gasteiger partial charge in [0.25, 0.3) is 11.1 Å². The summed E-state index contributed by atoms with van der Waals surface area (Å²) in [5.41, 5.74) is -0.806. The number of carbonyl (C=O) groups excluding carboxylic acids is 2. The molecule has 1 aliphatic rings. The lowest BCUT2D eigenvalue weighted by atomic mass is 10.1. The van der Waals surface area contributed by atoms with Crippen molar-refractivity contribution in [3.63, 3.8) is 0 Å². The summed E-state index contributed by atoms with van der Waals surface area (Å²) in [6, 6.07) is 15.2. The Bertz CT molecular complexity index is 1410. The highest BCUT2D eigenvalue weighted by atomic mass is 79.9. The molecule has 0 bridgehead atoms. The minimum atomic E-state index is -4.75. The summed E-state index contributed by atoms with van der Waals surface area (Å²) in [5.74, 6) is -0.761. The fourth-order valence-electron chi connectivity index (χ4n) is 3.30. The Morgan fingerprint density at radius 3 is 2.50 bits per heavy atom. The molecule has 0 spiro atoms. The Labute approximate surface area is 214 Å². The first-order valence-electron chi connectivity index (χ1n) is 10.2. The summed E-state index contributed by atoms with van der Waals surface area (Å²) >= 11 is 4.16. The van der Waals surface area contributed by atoms with Crippen LogP contribution in [0.3, 0.4) is 0 Å². The zero-order valence-electron chi connectivity index (χ0n) is 18.0. The van der Waals surface area contributed by atoms with Crippen molar-refractivity contribution in [2.24, 2.45) is 0 Å². The zero-order chi connectivity index (χ0) is 26.0. The number of benzene rings is 3. The number of carbonyl (C=O) groups is 2. The molecule has 0 atom stereocenters. The lowest BCUT2D eigenvalue weighted by Gasteiger charge is -2.13. The first-order valence-corrected chi connectivity index (χ1v) is 11.8. The molecule has 1 aliphatic heterocycles. The standard InChI is InChI=1S/C24H14BrF3N2O5S/c25-18-7-2-1-5-15(18)13-29-22(31)21(36-23(29)32)11-14-4-3-6-17(10-14)35-20-9-8-16(24(26,27)28)12-19(20)30(33)34/h1-12H,13H2/b21-11+. The first kappa shape index (κ1) is 25.5. The molecular weight excluding hydrogens is 565 g/mol. The van der Waals surface area contributed by atoms with E-state index in [1.165, 1.54) is 18.2 Å². The molecule has 1 fully saturated rings. The van der Waals surface area contributed by atoms with Crippen LogP contribution in [0.25, 0.3) is 6.08 Å². The zero-order valence-corrected chi connectivity index (χ0v) is 20.4. The normalized spacial score (nSPS) is 15.0. The highest BCUT2D eigenvalue weighted by Gasteiger charge is 2.35. The molecule has 0 radical (unpaired) electrons. The fourth-order valence-corrected chi connectivity index (χ4v) is 4.55. The summed E-state index contributed by atoms with van der Waals surface area (Å²) in [5, 5.41) is 10.9. The average molecular weight is 579 g/mol. The van der Waals surface area contributed by atoms with Crippen LogP contribution in [-0.2, 0) is 17.5 Å². The summed E-state index contributed by atoms with van der Waals surface area (Å²) in [7, 11) is 0. The SMILES string of the molecule is O=C1S/C(=C/c2cccc(Oc3ccc(C(F)(F)F)cc3[N+](=O)[O-])c2)C(=O)N1Cc1ccccc1Br. The highest BCUT2D eigenvalue weighted by molar-refractivity contribution is 9.10.